The standard InChI is InChI=1S/C11H11N3OS/c1-8-7-16-11(13-8)14-12-6-9-4-2-3-5-10(9)15/h2-7,15H,1H3,(H,13,14)/b12-6-. The van der Waals surface area contributed by atoms with E-state index < -0.39 is 0 Å². The van der Waals surface area contributed by atoms with E-state index in [4.69, 9.17) is 0 Å². The molecule has 0 fully saturated rings. The number of benzene rings is 1. The number of aromatic nitrogens is 1. The van der Waals surface area contributed by atoms with Gasteiger partial charge in [-0.05, 0) is 19.1 Å². The maximum atomic E-state index is 9.48. The molecule has 82 valence electrons. The molecule has 1 aromatic carbocycles. The Balaban J connectivity index is 2.03. The minimum atomic E-state index is 0.211. The number of phenolic OH excluding ortho intramolecular Hbond substituents is 1. The van der Waals surface area contributed by atoms with Gasteiger partial charge in [0.2, 0.25) is 5.13 Å². The van der Waals surface area contributed by atoms with Crippen molar-refractivity contribution in [2.75, 3.05) is 5.43 Å². The number of nitrogens with zero attached hydrogens (tertiary/aromatic N) is 2. The summed E-state index contributed by atoms with van der Waals surface area (Å²) in [4.78, 5) is 4.20. The average molecular weight is 233 g/mol. The molecule has 5 heteroatoms. The van der Waals surface area contributed by atoms with Gasteiger partial charge < -0.3 is 5.11 Å². The highest BCUT2D eigenvalue weighted by Crippen LogP contribution is 2.15. The molecule has 0 unspecified atom stereocenters. The van der Waals surface area contributed by atoms with Crippen LogP contribution in [0.15, 0.2) is 34.7 Å². The van der Waals surface area contributed by atoms with E-state index >= 15 is 0 Å². The zero-order valence-electron chi connectivity index (χ0n) is 8.71. The molecule has 0 spiro atoms. The summed E-state index contributed by atoms with van der Waals surface area (Å²) in [5.74, 6) is 0.211. The SMILES string of the molecule is Cc1csc(N/N=C\c2ccccc2O)n1. The topological polar surface area (TPSA) is 57.5 Å². The van der Waals surface area contributed by atoms with Gasteiger partial charge in [-0.1, -0.05) is 12.1 Å². The number of thiazole rings is 1. The van der Waals surface area contributed by atoms with Crippen LogP contribution in [0.3, 0.4) is 0 Å². The van der Waals surface area contributed by atoms with Crippen molar-refractivity contribution in [3.8, 4) is 5.75 Å². The zero-order valence-corrected chi connectivity index (χ0v) is 9.53. The maximum absolute atomic E-state index is 9.48. The van der Waals surface area contributed by atoms with Crippen molar-refractivity contribution >= 4 is 22.7 Å². The first kappa shape index (κ1) is 10.6. The Kier molecular flexibility index (Phi) is 3.16. The Hall–Kier alpha value is -1.88. The van der Waals surface area contributed by atoms with Crippen LogP contribution in [0.4, 0.5) is 5.13 Å². The van der Waals surface area contributed by atoms with Gasteiger partial charge in [-0.15, -0.1) is 11.3 Å². The van der Waals surface area contributed by atoms with Crippen LogP contribution < -0.4 is 5.43 Å². The number of anilines is 1. The molecular weight excluding hydrogens is 222 g/mol. The molecule has 0 aliphatic carbocycles. The van der Waals surface area contributed by atoms with Crippen molar-refractivity contribution in [2.24, 2.45) is 5.10 Å². The van der Waals surface area contributed by atoms with Gasteiger partial charge in [0.15, 0.2) is 0 Å². The highest BCUT2D eigenvalue weighted by Gasteiger charge is 1.96. The molecule has 0 amide bonds. The summed E-state index contributed by atoms with van der Waals surface area (Å²) in [6.07, 6.45) is 1.56. The van der Waals surface area contributed by atoms with Gasteiger partial charge in [-0.3, -0.25) is 5.43 Å². The third-order valence-corrected chi connectivity index (χ3v) is 2.78. The second-order valence-electron chi connectivity index (χ2n) is 3.22. The lowest BCUT2D eigenvalue weighted by atomic mass is 10.2. The number of rotatable bonds is 3. The molecule has 2 N–H and O–H groups in total. The first-order chi connectivity index (χ1) is 7.75. The van der Waals surface area contributed by atoms with Crippen LogP contribution in [-0.4, -0.2) is 16.3 Å². The van der Waals surface area contributed by atoms with E-state index in [1.807, 2.05) is 18.4 Å². The van der Waals surface area contributed by atoms with E-state index in [0.29, 0.717) is 5.56 Å². The third-order valence-electron chi connectivity index (χ3n) is 1.92. The Morgan fingerprint density at radius 2 is 2.25 bits per heavy atom. The normalized spacial score (nSPS) is 10.8. The second kappa shape index (κ2) is 4.76. The van der Waals surface area contributed by atoms with E-state index in [9.17, 15) is 5.11 Å². The fraction of sp³-hybridized carbons (Fsp3) is 0.0909. The number of aromatic hydroxyl groups is 1. The summed E-state index contributed by atoms with van der Waals surface area (Å²) >= 11 is 1.49. The van der Waals surface area contributed by atoms with Gasteiger partial charge in [0, 0.05) is 10.9 Å². The average Bonchev–Trinajstić information content (AvgIpc) is 2.67. The number of phenols is 1. The molecule has 16 heavy (non-hydrogen) atoms. The Labute approximate surface area is 97.3 Å². The molecule has 0 saturated carbocycles. The van der Waals surface area contributed by atoms with E-state index in [0.717, 1.165) is 10.8 Å². The van der Waals surface area contributed by atoms with Crippen molar-refractivity contribution in [3.05, 3.63) is 40.9 Å². The van der Waals surface area contributed by atoms with E-state index in [-0.39, 0.29) is 5.75 Å². The van der Waals surface area contributed by atoms with Crippen LogP contribution in [0, 0.1) is 6.92 Å². The first-order valence-corrected chi connectivity index (χ1v) is 5.63. The lowest BCUT2D eigenvalue weighted by molar-refractivity contribution is 0.474. The number of hydrogen-bond acceptors (Lipinski definition) is 5. The monoisotopic (exact) mass is 233 g/mol. The summed E-state index contributed by atoms with van der Waals surface area (Å²) in [5.41, 5.74) is 4.44. The Bertz CT molecular complexity index is 507. The molecule has 0 saturated heterocycles. The summed E-state index contributed by atoms with van der Waals surface area (Å²) in [5, 5.41) is 16.2. The largest absolute Gasteiger partial charge is 0.507 e. The van der Waals surface area contributed by atoms with Crippen LogP contribution in [0.1, 0.15) is 11.3 Å². The minimum absolute atomic E-state index is 0.211. The lowest BCUT2D eigenvalue weighted by Gasteiger charge is -1.96. The van der Waals surface area contributed by atoms with Gasteiger partial charge >= 0.3 is 0 Å². The molecular formula is C11H11N3OS. The van der Waals surface area contributed by atoms with Crippen LogP contribution in [0.5, 0.6) is 5.75 Å². The number of aryl methyl sites for hydroxylation is 1. The number of para-hydroxylation sites is 1. The molecule has 1 aromatic heterocycles. The quantitative estimate of drug-likeness (QED) is 0.633. The van der Waals surface area contributed by atoms with Gasteiger partial charge in [0.25, 0.3) is 0 Å². The minimum Gasteiger partial charge on any atom is -0.507 e. The predicted octanol–water partition coefficient (Wildman–Crippen LogP) is 2.60. The van der Waals surface area contributed by atoms with Crippen molar-refractivity contribution in [3.63, 3.8) is 0 Å². The van der Waals surface area contributed by atoms with Crippen LogP contribution >= 0.6 is 11.3 Å². The molecule has 4 nitrogen and oxygen atoms in total. The van der Waals surface area contributed by atoms with Crippen LogP contribution in [0.2, 0.25) is 0 Å². The second-order valence-corrected chi connectivity index (χ2v) is 4.08. The van der Waals surface area contributed by atoms with Crippen LogP contribution in [0.25, 0.3) is 0 Å². The van der Waals surface area contributed by atoms with Gasteiger partial charge in [-0.2, -0.15) is 5.10 Å². The smallest absolute Gasteiger partial charge is 0.203 e. The van der Waals surface area contributed by atoms with Crippen LogP contribution in [-0.2, 0) is 0 Å². The number of hydrogen-bond donors (Lipinski definition) is 2. The van der Waals surface area contributed by atoms with Gasteiger partial charge in [-0.25, -0.2) is 4.98 Å². The summed E-state index contributed by atoms with van der Waals surface area (Å²) in [7, 11) is 0. The molecule has 0 aliphatic rings. The van der Waals surface area contributed by atoms with Crippen molar-refractivity contribution in [1.82, 2.24) is 4.98 Å². The fourth-order valence-corrected chi connectivity index (χ4v) is 1.80. The Morgan fingerprint density at radius 3 is 2.94 bits per heavy atom. The molecule has 0 bridgehead atoms. The van der Waals surface area contributed by atoms with Gasteiger partial charge in [0.1, 0.15) is 5.75 Å². The highest BCUT2D eigenvalue weighted by atomic mass is 32.1. The first-order valence-electron chi connectivity index (χ1n) is 4.75. The lowest BCUT2D eigenvalue weighted by Crippen LogP contribution is -1.90. The molecule has 2 rings (SSSR count). The zero-order chi connectivity index (χ0) is 11.4. The molecule has 0 atom stereocenters. The molecule has 0 radical (unpaired) electrons. The third kappa shape index (κ3) is 2.58. The number of hydrazone groups is 1. The summed E-state index contributed by atoms with van der Waals surface area (Å²) in [6, 6.07) is 7.02. The number of nitrogens with one attached hydrogen (secondary N) is 1. The molecule has 1 heterocycles. The molecule has 0 aliphatic heterocycles. The summed E-state index contributed by atoms with van der Waals surface area (Å²) in [6.45, 7) is 1.93. The maximum Gasteiger partial charge on any atom is 0.203 e. The van der Waals surface area contributed by atoms with Crippen molar-refractivity contribution in [1.29, 1.82) is 0 Å². The fourth-order valence-electron chi connectivity index (χ4n) is 1.16. The molecule has 2 aromatic rings. The van der Waals surface area contributed by atoms with Crippen molar-refractivity contribution < 1.29 is 5.11 Å². The summed E-state index contributed by atoms with van der Waals surface area (Å²) < 4.78 is 0. The predicted molar refractivity (Wildman–Crippen MR) is 66.2 cm³/mol. The Morgan fingerprint density at radius 1 is 1.44 bits per heavy atom. The van der Waals surface area contributed by atoms with E-state index in [1.165, 1.54) is 11.3 Å². The van der Waals surface area contributed by atoms with Gasteiger partial charge in [0.05, 0.1) is 11.9 Å². The highest BCUT2D eigenvalue weighted by molar-refractivity contribution is 7.13. The van der Waals surface area contributed by atoms with E-state index in [2.05, 4.69) is 15.5 Å². The van der Waals surface area contributed by atoms with E-state index in [1.54, 1.807) is 24.4 Å². The van der Waals surface area contributed by atoms with Crippen molar-refractivity contribution in [2.45, 2.75) is 6.92 Å².